The van der Waals surface area contributed by atoms with E-state index in [-0.39, 0.29) is 30.4 Å². The Morgan fingerprint density at radius 2 is 1.57 bits per heavy atom. The second-order valence-electron chi connectivity index (χ2n) is 11.7. The molecule has 42 heavy (non-hydrogen) atoms. The second-order valence-corrected chi connectivity index (χ2v) is 13.0. The number of aryl methyl sites for hydroxylation is 1. The predicted octanol–water partition coefficient (Wildman–Crippen LogP) is 5.30. The van der Waals surface area contributed by atoms with Crippen LogP contribution in [0.15, 0.2) is 72.3 Å². The highest BCUT2D eigenvalue weighted by Crippen LogP contribution is 2.66. The zero-order valence-corrected chi connectivity index (χ0v) is 24.5. The van der Waals surface area contributed by atoms with Crippen molar-refractivity contribution < 1.29 is 24.3 Å². The van der Waals surface area contributed by atoms with Gasteiger partial charge in [-0.05, 0) is 59.9 Å². The summed E-state index contributed by atoms with van der Waals surface area (Å²) in [6.45, 7) is 2.03. The number of anilines is 1. The topological polar surface area (TPSA) is 95.0 Å². The first-order chi connectivity index (χ1) is 20.0. The van der Waals surface area contributed by atoms with Crippen LogP contribution >= 0.6 is 23.2 Å². The molecule has 4 amide bonds. The molecule has 1 saturated carbocycles. The van der Waals surface area contributed by atoms with Crippen LogP contribution in [0.4, 0.5) is 5.69 Å². The lowest BCUT2D eigenvalue weighted by molar-refractivity contribution is -0.138. The number of halogens is 2. The van der Waals surface area contributed by atoms with E-state index in [0.717, 1.165) is 22.5 Å². The van der Waals surface area contributed by atoms with E-state index < -0.39 is 45.2 Å². The van der Waals surface area contributed by atoms with Crippen molar-refractivity contribution in [3.8, 4) is 5.75 Å². The van der Waals surface area contributed by atoms with Crippen LogP contribution in [0.5, 0.6) is 5.75 Å². The molecular weight excluding hydrogens is 575 g/mol. The number of allylic oxidation sites excluding steroid dienone is 2. The molecule has 3 aromatic carbocycles. The van der Waals surface area contributed by atoms with Gasteiger partial charge in [-0.15, -0.1) is 23.2 Å². The molecule has 7 nitrogen and oxygen atoms in total. The molecule has 2 aliphatic carbocycles. The molecule has 2 heterocycles. The number of alkyl halides is 2. The minimum absolute atomic E-state index is 0.0614. The Bertz CT molecular complexity index is 1750. The van der Waals surface area contributed by atoms with Crippen molar-refractivity contribution in [2.24, 2.45) is 17.8 Å². The van der Waals surface area contributed by atoms with E-state index in [1.54, 1.807) is 36.4 Å². The summed E-state index contributed by atoms with van der Waals surface area (Å²) < 4.78 is 0. The Balaban J connectivity index is 1.42. The summed E-state index contributed by atoms with van der Waals surface area (Å²) >= 11 is 14.6. The summed E-state index contributed by atoms with van der Waals surface area (Å²) in [5.74, 6) is -4.68. The first-order valence-electron chi connectivity index (χ1n) is 14.1. The lowest BCUT2D eigenvalue weighted by Crippen LogP contribution is -2.60. The van der Waals surface area contributed by atoms with Gasteiger partial charge in [-0.25, -0.2) is 0 Å². The number of fused-ring (bicyclic) bond motifs is 5. The number of imide groups is 2. The van der Waals surface area contributed by atoms with E-state index in [1.165, 1.54) is 11.9 Å². The van der Waals surface area contributed by atoms with Crippen molar-refractivity contribution in [3.63, 3.8) is 0 Å². The van der Waals surface area contributed by atoms with Crippen molar-refractivity contribution in [2.45, 2.75) is 41.9 Å². The minimum Gasteiger partial charge on any atom is -0.507 e. The fourth-order valence-corrected chi connectivity index (χ4v) is 8.79. The molecule has 6 atom stereocenters. The van der Waals surface area contributed by atoms with Crippen LogP contribution in [-0.2, 0) is 25.6 Å². The minimum atomic E-state index is -1.88. The van der Waals surface area contributed by atoms with Gasteiger partial charge in [-0.1, -0.05) is 61.0 Å². The molecule has 9 heteroatoms. The Labute approximate surface area is 252 Å². The Morgan fingerprint density at radius 3 is 2.26 bits per heavy atom. The molecule has 2 saturated heterocycles. The molecule has 3 fully saturated rings. The molecule has 2 aliphatic heterocycles. The zero-order chi connectivity index (χ0) is 29.7. The molecule has 4 aliphatic rings. The fourth-order valence-electron chi connectivity index (χ4n) is 7.78. The number of carbonyl (C=O) groups excluding carboxylic acids is 4. The maximum Gasteiger partial charge on any atom is 0.253 e. The van der Waals surface area contributed by atoms with Gasteiger partial charge in [0.05, 0.1) is 17.5 Å². The van der Waals surface area contributed by atoms with E-state index in [9.17, 15) is 24.3 Å². The summed E-state index contributed by atoms with van der Waals surface area (Å²) in [7, 11) is 1.37. The Kier molecular flexibility index (Phi) is 5.92. The van der Waals surface area contributed by atoms with Gasteiger partial charge in [0.2, 0.25) is 11.8 Å². The first kappa shape index (κ1) is 27.2. The van der Waals surface area contributed by atoms with E-state index in [2.05, 4.69) is 0 Å². The summed E-state index contributed by atoms with van der Waals surface area (Å²) in [4.78, 5) is 54.0. The monoisotopic (exact) mass is 602 g/mol. The number of amides is 4. The lowest BCUT2D eigenvalue weighted by Gasteiger charge is -2.51. The molecule has 1 N–H and O–H groups in total. The van der Waals surface area contributed by atoms with Gasteiger partial charge in [0, 0.05) is 18.4 Å². The van der Waals surface area contributed by atoms with Crippen LogP contribution in [0.25, 0.3) is 10.8 Å². The summed E-state index contributed by atoms with van der Waals surface area (Å²) in [6.07, 6.45) is 2.98. The number of rotatable bonds is 3. The third kappa shape index (κ3) is 3.29. The molecule has 0 spiro atoms. The average Bonchev–Trinajstić information content (AvgIpc) is 3.33. The van der Waals surface area contributed by atoms with Crippen LogP contribution in [-0.4, -0.2) is 50.4 Å². The highest BCUT2D eigenvalue weighted by Gasteiger charge is 2.76. The van der Waals surface area contributed by atoms with Crippen molar-refractivity contribution in [3.05, 3.63) is 83.4 Å². The van der Waals surface area contributed by atoms with Crippen LogP contribution in [0, 0.1) is 17.8 Å². The summed E-state index contributed by atoms with van der Waals surface area (Å²) in [5.41, 5.74) is 2.94. The number of carbonyl (C=O) groups is 4. The number of phenols is 1. The van der Waals surface area contributed by atoms with Gasteiger partial charge in [0.25, 0.3) is 11.8 Å². The second kappa shape index (κ2) is 9.16. The summed E-state index contributed by atoms with van der Waals surface area (Å²) in [5, 5.41) is 11.9. The Morgan fingerprint density at radius 1 is 0.881 bits per heavy atom. The third-order valence-corrected chi connectivity index (χ3v) is 11.3. The highest BCUT2D eigenvalue weighted by atomic mass is 35.5. The maximum atomic E-state index is 14.2. The van der Waals surface area contributed by atoms with Crippen molar-refractivity contribution in [2.75, 3.05) is 11.9 Å². The van der Waals surface area contributed by atoms with Gasteiger partial charge in [0.15, 0.2) is 9.75 Å². The van der Waals surface area contributed by atoms with Crippen LogP contribution < -0.4 is 4.90 Å². The highest BCUT2D eigenvalue weighted by molar-refractivity contribution is 6.53. The van der Waals surface area contributed by atoms with Gasteiger partial charge >= 0.3 is 0 Å². The maximum absolute atomic E-state index is 14.2. The van der Waals surface area contributed by atoms with Gasteiger partial charge in [0.1, 0.15) is 5.75 Å². The molecule has 0 bridgehead atoms. The van der Waals surface area contributed by atoms with Gasteiger partial charge < -0.3 is 5.11 Å². The van der Waals surface area contributed by atoms with E-state index in [1.807, 2.05) is 37.3 Å². The fraction of sp³-hybridized carbons (Fsp3) is 0.333. The van der Waals surface area contributed by atoms with Gasteiger partial charge in [-0.3, -0.25) is 29.0 Å². The molecule has 0 aromatic heterocycles. The Hall–Kier alpha value is -3.68. The van der Waals surface area contributed by atoms with E-state index in [0.29, 0.717) is 22.0 Å². The van der Waals surface area contributed by atoms with Crippen molar-refractivity contribution in [1.29, 1.82) is 0 Å². The zero-order valence-electron chi connectivity index (χ0n) is 23.0. The van der Waals surface area contributed by atoms with Crippen molar-refractivity contribution in [1.82, 2.24) is 4.90 Å². The number of nitrogens with zero attached hydrogens (tertiary/aromatic N) is 2. The molecule has 3 aromatic rings. The number of phenolic OH excluding ortho intramolecular Hbond substituents is 1. The standard InChI is InChI=1S/C33H28Cl2N2O5/c1-3-17-8-10-18(11-9-17)37-28(39)23-13-12-22-24(26(23)29(37)40)16-32(34)30(41)36(2)31(42)33(32,35)27(22)21-14-15-25(38)20-7-5-4-6-19(20)21/h4-12,14-15,23-24,26-27,38H,3,13,16H2,1-2H3. The first-order valence-corrected chi connectivity index (χ1v) is 14.9. The van der Waals surface area contributed by atoms with Crippen LogP contribution in [0.3, 0.4) is 0 Å². The lowest BCUT2D eigenvalue weighted by atomic mass is 9.56. The number of likely N-dealkylation sites (tertiary alicyclic amines) is 1. The third-order valence-electron chi connectivity index (χ3n) is 9.86. The van der Waals surface area contributed by atoms with E-state index in [4.69, 9.17) is 23.2 Å². The van der Waals surface area contributed by atoms with Crippen LogP contribution in [0.1, 0.15) is 36.8 Å². The SMILES string of the molecule is CCc1ccc(N2C(=O)C3CC=C4C(CC5(Cl)C(=O)N(C)C(=O)C5(Cl)C4c4ccc(O)c5ccccc45)C3C2=O)cc1. The van der Waals surface area contributed by atoms with Crippen molar-refractivity contribution >= 4 is 63.3 Å². The molecular formula is C33H28Cl2N2O5. The number of hydrogen-bond acceptors (Lipinski definition) is 5. The smallest absolute Gasteiger partial charge is 0.253 e. The van der Waals surface area contributed by atoms with Crippen LogP contribution in [0.2, 0.25) is 0 Å². The molecule has 214 valence electrons. The largest absolute Gasteiger partial charge is 0.507 e. The average molecular weight is 604 g/mol. The quantitative estimate of drug-likeness (QED) is 0.249. The predicted molar refractivity (Wildman–Crippen MR) is 159 cm³/mol. The molecule has 6 unspecified atom stereocenters. The van der Waals surface area contributed by atoms with E-state index >= 15 is 0 Å². The van der Waals surface area contributed by atoms with Gasteiger partial charge in [-0.2, -0.15) is 0 Å². The normalized spacial score (nSPS) is 32.2. The molecule has 7 rings (SSSR count). The number of aromatic hydroxyl groups is 1. The molecule has 0 radical (unpaired) electrons. The number of hydrogen-bond donors (Lipinski definition) is 1. The number of benzene rings is 3. The summed E-state index contributed by atoms with van der Waals surface area (Å²) in [6, 6.07) is 17.8.